The number of carbonyl (C=O) groups excluding carboxylic acids is 1. The Labute approximate surface area is 129 Å². The number of aliphatic hydroxyl groups is 1. The molecule has 6 heteroatoms. The average Bonchev–Trinajstić information content (AvgIpc) is 2.86. The summed E-state index contributed by atoms with van der Waals surface area (Å²) in [5.74, 6) is 0.799. The molecule has 0 heterocycles. The second kappa shape index (κ2) is 7.00. The number of nitrogens with one attached hydrogen (secondary N) is 1. The molecule has 0 bridgehead atoms. The Balaban J connectivity index is 1.94. The van der Waals surface area contributed by atoms with Crippen LogP contribution in [0.25, 0.3) is 0 Å². The molecule has 0 spiro atoms. The Bertz CT molecular complexity index is 510. The molecule has 0 aliphatic heterocycles. The fraction of sp³-hybridized carbons (Fsp3) is 0.533. The van der Waals surface area contributed by atoms with Crippen LogP contribution in [-0.4, -0.2) is 42.8 Å². The van der Waals surface area contributed by atoms with Crippen molar-refractivity contribution in [2.24, 2.45) is 5.92 Å². The van der Waals surface area contributed by atoms with Crippen LogP contribution in [0.2, 0.25) is 5.02 Å². The van der Waals surface area contributed by atoms with Crippen molar-refractivity contribution in [3.63, 3.8) is 0 Å². The second-order valence-electron chi connectivity index (χ2n) is 5.41. The third-order valence-electron chi connectivity index (χ3n) is 3.89. The Morgan fingerprint density at radius 2 is 2.29 bits per heavy atom. The van der Waals surface area contributed by atoms with E-state index in [0.29, 0.717) is 23.0 Å². The Kier molecular flexibility index (Phi) is 5.31. The molecule has 0 saturated heterocycles. The van der Waals surface area contributed by atoms with Crippen LogP contribution < -0.4 is 10.1 Å². The Hall–Kier alpha value is -1.46. The number of urea groups is 1. The number of hydrogen-bond donors (Lipinski definition) is 2. The summed E-state index contributed by atoms with van der Waals surface area (Å²) < 4.78 is 5.07. The fourth-order valence-corrected chi connectivity index (χ4v) is 2.82. The zero-order chi connectivity index (χ0) is 15.4. The van der Waals surface area contributed by atoms with Crippen LogP contribution in [0.4, 0.5) is 10.5 Å². The van der Waals surface area contributed by atoms with E-state index in [4.69, 9.17) is 16.3 Å². The summed E-state index contributed by atoms with van der Waals surface area (Å²) in [6.07, 6.45) is 2.50. The zero-order valence-corrected chi connectivity index (χ0v) is 13.1. The molecule has 1 aliphatic carbocycles. The maximum atomic E-state index is 12.2. The van der Waals surface area contributed by atoms with Gasteiger partial charge in [-0.3, -0.25) is 0 Å². The zero-order valence-electron chi connectivity index (χ0n) is 12.3. The number of halogens is 1. The third-order valence-corrected chi connectivity index (χ3v) is 4.20. The standard InChI is InChI=1S/C15H21ClN2O3/c1-18(9-10-4-3-5-14(10)19)15(20)17-13-7-6-11(21-2)8-12(13)16/h6-8,10,14,19H,3-5,9H2,1-2H3,(H,17,20). The van der Waals surface area contributed by atoms with Crippen molar-refractivity contribution < 1.29 is 14.6 Å². The molecule has 2 atom stereocenters. The minimum Gasteiger partial charge on any atom is -0.497 e. The lowest BCUT2D eigenvalue weighted by Gasteiger charge is -2.23. The summed E-state index contributed by atoms with van der Waals surface area (Å²) in [4.78, 5) is 13.7. The van der Waals surface area contributed by atoms with Crippen molar-refractivity contribution in [2.75, 3.05) is 26.0 Å². The maximum absolute atomic E-state index is 12.2. The van der Waals surface area contributed by atoms with Crippen molar-refractivity contribution in [3.8, 4) is 5.75 Å². The van der Waals surface area contributed by atoms with Gasteiger partial charge in [-0.05, 0) is 25.0 Å². The minimum atomic E-state index is -0.301. The van der Waals surface area contributed by atoms with Crippen LogP contribution in [0.5, 0.6) is 5.75 Å². The monoisotopic (exact) mass is 312 g/mol. The number of nitrogens with zero attached hydrogens (tertiary/aromatic N) is 1. The maximum Gasteiger partial charge on any atom is 0.321 e. The van der Waals surface area contributed by atoms with Crippen LogP contribution in [0.1, 0.15) is 19.3 Å². The number of aliphatic hydroxyl groups excluding tert-OH is 1. The number of rotatable bonds is 4. The van der Waals surface area contributed by atoms with Gasteiger partial charge in [0.15, 0.2) is 0 Å². The molecule has 0 aromatic heterocycles. The number of carbonyl (C=O) groups is 1. The van der Waals surface area contributed by atoms with Gasteiger partial charge < -0.3 is 20.1 Å². The highest BCUT2D eigenvalue weighted by Gasteiger charge is 2.27. The van der Waals surface area contributed by atoms with Gasteiger partial charge in [0.1, 0.15) is 5.75 Å². The van der Waals surface area contributed by atoms with E-state index in [1.807, 2.05) is 0 Å². The second-order valence-corrected chi connectivity index (χ2v) is 5.82. The fourth-order valence-electron chi connectivity index (χ4n) is 2.60. The van der Waals surface area contributed by atoms with Gasteiger partial charge >= 0.3 is 6.03 Å². The quantitative estimate of drug-likeness (QED) is 0.898. The summed E-state index contributed by atoms with van der Waals surface area (Å²) in [5.41, 5.74) is 0.543. The molecule has 1 saturated carbocycles. The van der Waals surface area contributed by atoms with Crippen molar-refractivity contribution in [1.82, 2.24) is 4.90 Å². The van der Waals surface area contributed by atoms with Crippen LogP contribution >= 0.6 is 11.6 Å². The summed E-state index contributed by atoms with van der Waals surface area (Å²) in [6.45, 7) is 0.542. The molecule has 1 aromatic carbocycles. The summed E-state index contributed by atoms with van der Waals surface area (Å²) in [6, 6.07) is 4.86. The number of methoxy groups -OCH3 is 1. The molecule has 2 N–H and O–H groups in total. The van der Waals surface area contributed by atoms with Crippen molar-refractivity contribution >= 4 is 23.3 Å². The van der Waals surface area contributed by atoms with Crippen molar-refractivity contribution in [3.05, 3.63) is 23.2 Å². The predicted molar refractivity (Wildman–Crippen MR) is 83.0 cm³/mol. The number of ether oxygens (including phenoxy) is 1. The lowest BCUT2D eigenvalue weighted by atomic mass is 10.1. The molecule has 21 heavy (non-hydrogen) atoms. The highest BCUT2D eigenvalue weighted by molar-refractivity contribution is 6.33. The summed E-state index contributed by atoms with van der Waals surface area (Å²) in [7, 11) is 3.28. The van der Waals surface area contributed by atoms with E-state index in [9.17, 15) is 9.90 Å². The first-order valence-electron chi connectivity index (χ1n) is 7.05. The van der Waals surface area contributed by atoms with Crippen molar-refractivity contribution in [1.29, 1.82) is 0 Å². The van der Waals surface area contributed by atoms with Gasteiger partial charge in [-0.1, -0.05) is 18.0 Å². The first-order chi connectivity index (χ1) is 10.0. The number of hydrogen-bond acceptors (Lipinski definition) is 3. The van der Waals surface area contributed by atoms with Gasteiger partial charge in [0.25, 0.3) is 0 Å². The normalized spacial score (nSPS) is 21.1. The summed E-state index contributed by atoms with van der Waals surface area (Å²) >= 11 is 6.10. The lowest BCUT2D eigenvalue weighted by molar-refractivity contribution is 0.116. The first-order valence-corrected chi connectivity index (χ1v) is 7.42. The molecule has 2 unspecified atom stereocenters. The molecule has 0 radical (unpaired) electrons. The molecule has 1 aliphatic rings. The molecule has 5 nitrogen and oxygen atoms in total. The molecular formula is C15H21ClN2O3. The Morgan fingerprint density at radius 1 is 1.52 bits per heavy atom. The number of benzene rings is 1. The SMILES string of the molecule is COc1ccc(NC(=O)N(C)CC2CCCC2O)c(Cl)c1. The minimum absolute atomic E-state index is 0.159. The van der Waals surface area contributed by atoms with E-state index in [1.54, 1.807) is 37.3 Å². The molecular weight excluding hydrogens is 292 g/mol. The van der Waals surface area contributed by atoms with Crippen LogP contribution in [0, 0.1) is 5.92 Å². The van der Waals surface area contributed by atoms with E-state index >= 15 is 0 Å². The topological polar surface area (TPSA) is 61.8 Å². The Morgan fingerprint density at radius 3 is 2.86 bits per heavy atom. The van der Waals surface area contributed by atoms with Gasteiger partial charge in [0.05, 0.1) is 23.9 Å². The lowest BCUT2D eigenvalue weighted by Crippen LogP contribution is -2.37. The van der Waals surface area contributed by atoms with Gasteiger partial charge in [-0.15, -0.1) is 0 Å². The van der Waals surface area contributed by atoms with E-state index in [1.165, 1.54) is 0 Å². The van der Waals surface area contributed by atoms with E-state index < -0.39 is 0 Å². The highest BCUT2D eigenvalue weighted by Crippen LogP contribution is 2.28. The molecule has 1 aromatic rings. The van der Waals surface area contributed by atoms with Crippen LogP contribution in [0.15, 0.2) is 18.2 Å². The van der Waals surface area contributed by atoms with E-state index in [0.717, 1.165) is 19.3 Å². The molecule has 2 amide bonds. The number of amides is 2. The van der Waals surface area contributed by atoms with Crippen LogP contribution in [0.3, 0.4) is 0 Å². The smallest absolute Gasteiger partial charge is 0.321 e. The largest absolute Gasteiger partial charge is 0.497 e. The summed E-state index contributed by atoms with van der Waals surface area (Å²) in [5, 5.41) is 13.0. The van der Waals surface area contributed by atoms with Gasteiger partial charge in [-0.25, -0.2) is 4.79 Å². The van der Waals surface area contributed by atoms with Gasteiger partial charge in [0, 0.05) is 25.6 Å². The van der Waals surface area contributed by atoms with E-state index in [-0.39, 0.29) is 18.1 Å². The average molecular weight is 313 g/mol. The van der Waals surface area contributed by atoms with Gasteiger partial charge in [0.2, 0.25) is 0 Å². The third kappa shape index (κ3) is 4.02. The first kappa shape index (κ1) is 15.9. The highest BCUT2D eigenvalue weighted by atomic mass is 35.5. The predicted octanol–water partition coefficient (Wildman–Crippen LogP) is 2.97. The van der Waals surface area contributed by atoms with E-state index in [2.05, 4.69) is 5.32 Å². The number of anilines is 1. The van der Waals surface area contributed by atoms with Crippen molar-refractivity contribution in [2.45, 2.75) is 25.4 Å². The molecule has 116 valence electrons. The molecule has 1 fully saturated rings. The van der Waals surface area contributed by atoms with Gasteiger partial charge in [-0.2, -0.15) is 0 Å². The molecule has 2 rings (SSSR count). The van der Waals surface area contributed by atoms with Crippen LogP contribution in [-0.2, 0) is 0 Å².